The van der Waals surface area contributed by atoms with Crippen molar-refractivity contribution < 1.29 is 17.9 Å². The summed E-state index contributed by atoms with van der Waals surface area (Å²) in [6.45, 7) is 2.50. The van der Waals surface area contributed by atoms with E-state index in [2.05, 4.69) is 0 Å². The molecule has 0 aromatic carbocycles. The van der Waals surface area contributed by atoms with Crippen LogP contribution in [0.15, 0.2) is 0 Å². The van der Waals surface area contributed by atoms with Crippen molar-refractivity contribution in [1.29, 1.82) is 0 Å². The van der Waals surface area contributed by atoms with Gasteiger partial charge in [0.2, 0.25) is 0 Å². The minimum atomic E-state index is -3.26. The Labute approximate surface area is 84.6 Å². The van der Waals surface area contributed by atoms with Crippen molar-refractivity contribution in [2.24, 2.45) is 5.92 Å². The van der Waals surface area contributed by atoms with E-state index in [-0.39, 0.29) is 11.7 Å². The third-order valence-corrected chi connectivity index (χ3v) is 4.12. The predicted molar refractivity (Wildman–Crippen MR) is 52.9 cm³/mol. The lowest BCUT2D eigenvalue weighted by Crippen LogP contribution is -2.36. The fourth-order valence-corrected chi connectivity index (χ4v) is 2.12. The second-order valence-electron chi connectivity index (χ2n) is 3.79. The van der Waals surface area contributed by atoms with Crippen LogP contribution in [0.25, 0.3) is 0 Å². The molecular weight excluding hydrogens is 204 g/mol. The number of hydrogen-bond donors (Lipinski definition) is 0. The van der Waals surface area contributed by atoms with Gasteiger partial charge in [0.25, 0.3) is 0 Å². The molecule has 4 nitrogen and oxygen atoms in total. The van der Waals surface area contributed by atoms with E-state index in [9.17, 15) is 13.2 Å². The van der Waals surface area contributed by atoms with Gasteiger partial charge >= 0.3 is 0 Å². The molecule has 0 bridgehead atoms. The molecular formula is C9H16O4S. The van der Waals surface area contributed by atoms with Gasteiger partial charge in [-0.05, 0) is 19.8 Å². The molecule has 0 N–H and O–H groups in total. The molecule has 82 valence electrons. The van der Waals surface area contributed by atoms with Gasteiger partial charge in [-0.2, -0.15) is 0 Å². The van der Waals surface area contributed by atoms with Crippen LogP contribution in [-0.4, -0.2) is 38.9 Å². The summed E-state index contributed by atoms with van der Waals surface area (Å²) in [4.78, 5) is 11.7. The van der Waals surface area contributed by atoms with Crippen molar-refractivity contribution in [3.05, 3.63) is 0 Å². The van der Waals surface area contributed by atoms with Crippen molar-refractivity contribution in [1.82, 2.24) is 0 Å². The molecule has 0 spiro atoms. The molecule has 5 heteroatoms. The molecule has 1 aliphatic heterocycles. The summed E-state index contributed by atoms with van der Waals surface area (Å²) in [5.41, 5.74) is 0. The van der Waals surface area contributed by atoms with Crippen LogP contribution in [0.2, 0.25) is 0 Å². The van der Waals surface area contributed by atoms with Gasteiger partial charge in [-0.3, -0.25) is 4.79 Å². The fraction of sp³-hybridized carbons (Fsp3) is 0.889. The number of carbonyl (C=O) groups is 1. The van der Waals surface area contributed by atoms with Crippen LogP contribution in [0.4, 0.5) is 0 Å². The van der Waals surface area contributed by atoms with Crippen LogP contribution in [0, 0.1) is 5.92 Å². The number of ether oxygens (including phenoxy) is 1. The number of rotatable bonds is 3. The highest BCUT2D eigenvalue weighted by molar-refractivity contribution is 7.92. The van der Waals surface area contributed by atoms with Gasteiger partial charge in [0.1, 0.15) is 5.25 Å². The quantitative estimate of drug-likeness (QED) is 0.691. The average molecular weight is 220 g/mol. The van der Waals surface area contributed by atoms with Crippen LogP contribution < -0.4 is 0 Å². The second-order valence-corrected chi connectivity index (χ2v) is 6.15. The van der Waals surface area contributed by atoms with E-state index in [1.165, 1.54) is 6.92 Å². The van der Waals surface area contributed by atoms with E-state index in [1.807, 2.05) is 0 Å². The maximum absolute atomic E-state index is 11.7. The number of ketones is 1. The Morgan fingerprint density at radius 2 is 2.14 bits per heavy atom. The number of Topliss-reactive ketones (excluding diaryl/α,β-unsaturated/α-hetero) is 1. The van der Waals surface area contributed by atoms with Gasteiger partial charge in [-0.1, -0.05) is 0 Å². The first-order chi connectivity index (χ1) is 6.43. The molecule has 2 atom stereocenters. The zero-order valence-corrected chi connectivity index (χ0v) is 9.34. The smallest absolute Gasteiger partial charge is 0.157 e. The van der Waals surface area contributed by atoms with Crippen LogP contribution >= 0.6 is 0 Å². The summed E-state index contributed by atoms with van der Waals surface area (Å²) in [5.74, 6) is -0.430. The summed E-state index contributed by atoms with van der Waals surface area (Å²) in [7, 11) is -3.26. The van der Waals surface area contributed by atoms with Crippen molar-refractivity contribution in [2.45, 2.75) is 25.0 Å². The van der Waals surface area contributed by atoms with Gasteiger partial charge in [0.05, 0.1) is 6.61 Å². The number of hydrogen-bond acceptors (Lipinski definition) is 4. The van der Waals surface area contributed by atoms with Crippen molar-refractivity contribution >= 4 is 15.6 Å². The molecule has 0 radical (unpaired) electrons. The molecule has 1 saturated heterocycles. The van der Waals surface area contributed by atoms with Crippen LogP contribution in [-0.2, 0) is 19.4 Å². The third-order valence-electron chi connectivity index (χ3n) is 2.61. The largest absolute Gasteiger partial charge is 0.381 e. The van der Waals surface area contributed by atoms with E-state index in [0.29, 0.717) is 13.2 Å². The summed E-state index contributed by atoms with van der Waals surface area (Å²) >= 11 is 0. The monoisotopic (exact) mass is 220 g/mol. The van der Waals surface area contributed by atoms with Crippen molar-refractivity contribution in [3.8, 4) is 0 Å². The zero-order chi connectivity index (χ0) is 10.8. The molecule has 1 aliphatic rings. The van der Waals surface area contributed by atoms with E-state index >= 15 is 0 Å². The van der Waals surface area contributed by atoms with Crippen molar-refractivity contribution in [2.75, 3.05) is 19.5 Å². The van der Waals surface area contributed by atoms with E-state index in [1.54, 1.807) is 0 Å². The molecule has 0 saturated carbocycles. The maximum atomic E-state index is 11.7. The Kier molecular flexibility index (Phi) is 3.66. The highest BCUT2D eigenvalue weighted by atomic mass is 32.2. The average Bonchev–Trinajstić information content (AvgIpc) is 2.15. The third kappa shape index (κ3) is 2.78. The van der Waals surface area contributed by atoms with E-state index in [4.69, 9.17) is 4.74 Å². The van der Waals surface area contributed by atoms with Gasteiger partial charge in [0.15, 0.2) is 15.6 Å². The summed E-state index contributed by atoms with van der Waals surface area (Å²) < 4.78 is 27.5. The van der Waals surface area contributed by atoms with Crippen LogP contribution in [0.3, 0.4) is 0 Å². The Balaban J connectivity index is 2.64. The first kappa shape index (κ1) is 11.7. The molecule has 1 fully saturated rings. The highest BCUT2D eigenvalue weighted by Gasteiger charge is 2.31. The number of carbonyl (C=O) groups excluding carboxylic acids is 1. The van der Waals surface area contributed by atoms with E-state index < -0.39 is 15.1 Å². The molecule has 0 aliphatic carbocycles. The predicted octanol–water partition coefficient (Wildman–Crippen LogP) is 0.415. The van der Waals surface area contributed by atoms with E-state index in [0.717, 1.165) is 19.1 Å². The summed E-state index contributed by atoms with van der Waals surface area (Å²) in [6, 6.07) is 0. The lowest BCUT2D eigenvalue weighted by Gasteiger charge is -2.22. The molecule has 0 aromatic heterocycles. The molecule has 2 unspecified atom stereocenters. The first-order valence-corrected chi connectivity index (χ1v) is 6.68. The minimum Gasteiger partial charge on any atom is -0.381 e. The van der Waals surface area contributed by atoms with Crippen LogP contribution in [0.1, 0.15) is 19.8 Å². The zero-order valence-electron chi connectivity index (χ0n) is 8.52. The SMILES string of the molecule is CC(C(=O)C1CCCOC1)S(C)(=O)=O. The topological polar surface area (TPSA) is 60.4 Å². The Hall–Kier alpha value is -0.420. The molecule has 0 amide bonds. The van der Waals surface area contributed by atoms with Crippen LogP contribution in [0.5, 0.6) is 0 Å². The highest BCUT2D eigenvalue weighted by Crippen LogP contribution is 2.18. The van der Waals surface area contributed by atoms with Gasteiger partial charge < -0.3 is 4.74 Å². The Bertz CT molecular complexity index is 301. The molecule has 0 aromatic rings. The summed E-state index contributed by atoms with van der Waals surface area (Å²) in [5, 5.41) is -0.894. The number of sulfone groups is 1. The first-order valence-electron chi connectivity index (χ1n) is 4.73. The Morgan fingerprint density at radius 1 is 1.50 bits per heavy atom. The molecule has 1 heterocycles. The standard InChI is InChI=1S/C9H16O4S/c1-7(14(2,11)12)9(10)8-4-3-5-13-6-8/h7-8H,3-6H2,1-2H3. The van der Waals surface area contributed by atoms with Gasteiger partial charge in [0, 0.05) is 18.8 Å². The Morgan fingerprint density at radius 3 is 2.57 bits per heavy atom. The minimum absolute atomic E-state index is 0.202. The van der Waals surface area contributed by atoms with Gasteiger partial charge in [-0.15, -0.1) is 0 Å². The maximum Gasteiger partial charge on any atom is 0.157 e. The molecule has 1 rings (SSSR count). The second kappa shape index (κ2) is 4.40. The summed E-state index contributed by atoms with van der Waals surface area (Å²) in [6.07, 6.45) is 2.69. The normalized spacial score (nSPS) is 25.7. The molecule has 14 heavy (non-hydrogen) atoms. The van der Waals surface area contributed by atoms with Crippen molar-refractivity contribution in [3.63, 3.8) is 0 Å². The van der Waals surface area contributed by atoms with Gasteiger partial charge in [-0.25, -0.2) is 8.42 Å². The fourth-order valence-electron chi connectivity index (χ4n) is 1.51. The lowest BCUT2D eigenvalue weighted by molar-refractivity contribution is -0.126. The lowest BCUT2D eigenvalue weighted by atomic mass is 9.96.